The van der Waals surface area contributed by atoms with E-state index < -0.39 is 10.0 Å². The molecule has 0 saturated heterocycles. The molecule has 0 atom stereocenters. The number of sulfonamides is 1. The summed E-state index contributed by atoms with van der Waals surface area (Å²) in [5.74, 6) is -0.269. The van der Waals surface area contributed by atoms with E-state index >= 15 is 0 Å². The summed E-state index contributed by atoms with van der Waals surface area (Å²) in [4.78, 5) is 11.6. The van der Waals surface area contributed by atoms with Crippen LogP contribution < -0.4 is 4.72 Å². The normalized spacial score (nSPS) is 11.6. The van der Waals surface area contributed by atoms with Crippen LogP contribution in [0.25, 0.3) is 32.7 Å². The molecule has 3 N–H and O–H groups in total. The number of nitrogens with one attached hydrogen (secondary N) is 1. The first-order valence-corrected chi connectivity index (χ1v) is 12.3. The van der Waals surface area contributed by atoms with Gasteiger partial charge in [-0.05, 0) is 42.0 Å². The van der Waals surface area contributed by atoms with Crippen LogP contribution in [-0.4, -0.2) is 24.4 Å². The number of aromatic hydroxyl groups is 2. The molecule has 0 radical (unpaired) electrons. The molecule has 0 amide bonds. The summed E-state index contributed by atoms with van der Waals surface area (Å²) in [6, 6.07) is 24.9. The molecule has 0 aromatic heterocycles. The van der Waals surface area contributed by atoms with E-state index in [1.165, 1.54) is 37.3 Å². The lowest BCUT2D eigenvalue weighted by Crippen LogP contribution is -2.13. The van der Waals surface area contributed by atoms with E-state index in [1.807, 2.05) is 24.3 Å². The van der Waals surface area contributed by atoms with Crippen molar-refractivity contribution in [2.24, 2.45) is 0 Å². The summed E-state index contributed by atoms with van der Waals surface area (Å²) in [7, 11) is -4.02. The van der Waals surface area contributed by atoms with Gasteiger partial charge in [-0.15, -0.1) is 0 Å². The maximum Gasteiger partial charge on any atom is 0.261 e. The molecule has 35 heavy (non-hydrogen) atoms. The molecule has 5 rings (SSSR count). The van der Waals surface area contributed by atoms with E-state index in [0.29, 0.717) is 32.8 Å². The highest BCUT2D eigenvalue weighted by atomic mass is 32.2. The fraction of sp³-hybridized carbons (Fsp3) is 0.0357. The monoisotopic (exact) mass is 483 g/mol. The van der Waals surface area contributed by atoms with Crippen LogP contribution in [0.1, 0.15) is 17.3 Å². The van der Waals surface area contributed by atoms with Gasteiger partial charge in [0.25, 0.3) is 10.0 Å². The van der Waals surface area contributed by atoms with Crippen molar-refractivity contribution in [2.45, 2.75) is 11.8 Å². The van der Waals surface area contributed by atoms with Crippen LogP contribution in [0.15, 0.2) is 95.9 Å². The number of fused-ring (bicyclic) bond motifs is 2. The first-order chi connectivity index (χ1) is 16.8. The number of rotatable bonds is 5. The average Bonchev–Trinajstić information content (AvgIpc) is 2.86. The largest absolute Gasteiger partial charge is 0.507 e. The third-order valence-corrected chi connectivity index (χ3v) is 7.39. The molecule has 174 valence electrons. The molecule has 7 heteroatoms. The summed E-state index contributed by atoms with van der Waals surface area (Å²) in [6.07, 6.45) is 0. The zero-order valence-corrected chi connectivity index (χ0v) is 19.5. The predicted octanol–water partition coefficient (Wildman–Crippen LogP) is 6.07. The summed E-state index contributed by atoms with van der Waals surface area (Å²) in [5.41, 5.74) is 1.35. The number of carbonyl (C=O) groups is 1. The van der Waals surface area contributed by atoms with Crippen LogP contribution in [0.3, 0.4) is 0 Å². The quantitative estimate of drug-likeness (QED) is 0.208. The molecule has 6 nitrogen and oxygen atoms in total. The van der Waals surface area contributed by atoms with Crippen molar-refractivity contribution in [3.05, 3.63) is 96.6 Å². The van der Waals surface area contributed by atoms with Gasteiger partial charge in [-0.2, -0.15) is 0 Å². The Bertz CT molecular complexity index is 1720. The maximum absolute atomic E-state index is 13.2. The molecule has 5 aromatic carbocycles. The van der Waals surface area contributed by atoms with Gasteiger partial charge in [0.05, 0.1) is 10.6 Å². The Morgan fingerprint density at radius 1 is 0.771 bits per heavy atom. The van der Waals surface area contributed by atoms with E-state index in [0.717, 1.165) is 5.39 Å². The van der Waals surface area contributed by atoms with Gasteiger partial charge in [-0.3, -0.25) is 9.52 Å². The van der Waals surface area contributed by atoms with Crippen molar-refractivity contribution in [1.29, 1.82) is 0 Å². The van der Waals surface area contributed by atoms with Crippen molar-refractivity contribution < 1.29 is 23.4 Å². The fourth-order valence-corrected chi connectivity index (χ4v) is 5.32. The number of ketones is 1. The fourth-order valence-electron chi connectivity index (χ4n) is 4.25. The Balaban J connectivity index is 1.71. The van der Waals surface area contributed by atoms with Gasteiger partial charge < -0.3 is 10.2 Å². The molecule has 0 aliphatic rings. The molecule has 0 aliphatic heterocycles. The number of anilines is 1. The van der Waals surface area contributed by atoms with E-state index in [1.54, 1.807) is 36.4 Å². The Labute approximate surface area is 202 Å². The van der Waals surface area contributed by atoms with E-state index in [4.69, 9.17) is 0 Å². The highest BCUT2D eigenvalue weighted by Gasteiger charge is 2.21. The second-order valence-electron chi connectivity index (χ2n) is 8.23. The minimum absolute atomic E-state index is 0.00536. The van der Waals surface area contributed by atoms with E-state index in [2.05, 4.69) is 4.72 Å². The topological polar surface area (TPSA) is 104 Å². The number of hydrogen-bond acceptors (Lipinski definition) is 5. The van der Waals surface area contributed by atoms with Crippen molar-refractivity contribution >= 4 is 43.0 Å². The molecule has 0 unspecified atom stereocenters. The maximum atomic E-state index is 13.2. The molecule has 0 saturated carbocycles. The molecule has 0 heterocycles. The van der Waals surface area contributed by atoms with Crippen molar-refractivity contribution in [1.82, 2.24) is 0 Å². The van der Waals surface area contributed by atoms with Gasteiger partial charge in [-0.1, -0.05) is 66.7 Å². The van der Waals surface area contributed by atoms with Crippen molar-refractivity contribution in [2.75, 3.05) is 4.72 Å². The molecule has 0 fully saturated rings. The van der Waals surface area contributed by atoms with E-state index in [-0.39, 0.29) is 27.9 Å². The molecule has 0 bridgehead atoms. The van der Waals surface area contributed by atoms with Gasteiger partial charge in [-0.25, -0.2) is 8.42 Å². The lowest BCUT2D eigenvalue weighted by atomic mass is 9.93. The first-order valence-electron chi connectivity index (χ1n) is 10.9. The van der Waals surface area contributed by atoms with Crippen LogP contribution >= 0.6 is 0 Å². The average molecular weight is 484 g/mol. The molecule has 0 spiro atoms. The number of phenols is 2. The van der Waals surface area contributed by atoms with Gasteiger partial charge in [0.2, 0.25) is 0 Å². The van der Waals surface area contributed by atoms with Crippen molar-refractivity contribution in [3.8, 4) is 22.6 Å². The van der Waals surface area contributed by atoms with Gasteiger partial charge >= 0.3 is 0 Å². The van der Waals surface area contributed by atoms with Crippen LogP contribution in [0, 0.1) is 0 Å². The number of Topliss-reactive ketones (excluding diaryl/α,β-unsaturated/α-hetero) is 1. The lowest BCUT2D eigenvalue weighted by Gasteiger charge is -2.17. The zero-order chi connectivity index (χ0) is 24.7. The minimum atomic E-state index is -4.02. The smallest absolute Gasteiger partial charge is 0.261 e. The Morgan fingerprint density at radius 2 is 1.40 bits per heavy atom. The second kappa shape index (κ2) is 8.45. The van der Waals surface area contributed by atoms with Gasteiger partial charge in [0.15, 0.2) is 5.78 Å². The molecule has 5 aromatic rings. The van der Waals surface area contributed by atoms with Crippen LogP contribution in [-0.2, 0) is 10.0 Å². The summed E-state index contributed by atoms with van der Waals surface area (Å²) < 4.78 is 29.1. The molecular weight excluding hydrogens is 462 g/mol. The minimum Gasteiger partial charge on any atom is -0.507 e. The van der Waals surface area contributed by atoms with Crippen LogP contribution in [0.2, 0.25) is 0 Å². The lowest BCUT2D eigenvalue weighted by molar-refractivity contribution is 0.101. The molecular formula is C28H21NO5S. The number of benzene rings is 5. The summed E-state index contributed by atoms with van der Waals surface area (Å²) >= 11 is 0. The predicted molar refractivity (Wildman–Crippen MR) is 137 cm³/mol. The van der Waals surface area contributed by atoms with Crippen LogP contribution in [0.4, 0.5) is 5.69 Å². The number of carbonyl (C=O) groups excluding carboxylic acids is 1. The Morgan fingerprint density at radius 3 is 2.09 bits per heavy atom. The van der Waals surface area contributed by atoms with Gasteiger partial charge in [0, 0.05) is 27.5 Å². The number of phenolic OH excluding ortho intramolecular Hbond substituents is 2. The highest BCUT2D eigenvalue weighted by Crippen LogP contribution is 2.46. The highest BCUT2D eigenvalue weighted by molar-refractivity contribution is 7.92. The third kappa shape index (κ3) is 3.96. The van der Waals surface area contributed by atoms with Crippen molar-refractivity contribution in [3.63, 3.8) is 0 Å². The van der Waals surface area contributed by atoms with Gasteiger partial charge in [0.1, 0.15) is 11.5 Å². The Hall–Kier alpha value is -4.36. The van der Waals surface area contributed by atoms with Crippen LogP contribution in [0.5, 0.6) is 11.5 Å². The molecule has 0 aliphatic carbocycles. The SMILES string of the molecule is CC(=O)c1ccc(S(=O)(=O)Nc2cc(-c3c(O)ccc4ccccc34)c(O)c3ccccc23)cc1. The third-order valence-electron chi connectivity index (χ3n) is 6.01. The standard InChI is InChI=1S/C28H21NO5S/c1-17(30)18-10-13-20(14-11-18)35(33,34)29-25-16-24(28(32)23-9-5-4-8-22(23)25)27-21-7-3-2-6-19(21)12-15-26(27)31/h2-16,29,31-32H,1H3. The second-order valence-corrected chi connectivity index (χ2v) is 9.92. The first kappa shape index (κ1) is 22.4. The van der Waals surface area contributed by atoms with E-state index in [9.17, 15) is 23.4 Å². The summed E-state index contributed by atoms with van der Waals surface area (Å²) in [6.45, 7) is 1.41. The Kier molecular flexibility index (Phi) is 5.42. The summed E-state index contributed by atoms with van der Waals surface area (Å²) in [5, 5.41) is 24.4. The zero-order valence-electron chi connectivity index (χ0n) is 18.7. The number of hydrogen-bond donors (Lipinski definition) is 3.